The smallest absolute Gasteiger partial charge is 0.305 e. The third-order valence-corrected chi connectivity index (χ3v) is 7.80. The Kier molecular flexibility index (Phi) is 6.83. The molecule has 0 aromatic heterocycles. The van der Waals surface area contributed by atoms with Gasteiger partial charge in [-0.3, -0.25) is 9.59 Å². The van der Waals surface area contributed by atoms with E-state index in [1.807, 2.05) is 20.8 Å². The summed E-state index contributed by atoms with van der Waals surface area (Å²) in [5.74, 6) is 0.0414. The van der Waals surface area contributed by atoms with Crippen molar-refractivity contribution < 1.29 is 42.7 Å². The lowest BCUT2D eigenvalue weighted by Crippen LogP contribution is -2.52. The van der Waals surface area contributed by atoms with Gasteiger partial charge in [0.15, 0.2) is 18.2 Å². The van der Waals surface area contributed by atoms with Gasteiger partial charge in [0, 0.05) is 26.9 Å². The molecule has 0 N–H and O–H groups in total. The SMILES string of the molecule is CC(=O)OC1OC2(CC(C)C2)[C@@H](C)C1OC(C)=O.CO[C@@H]1OC2(CC(C)C2)[C@H]2OC(C)(C)O[C@@H]12. The van der Waals surface area contributed by atoms with Gasteiger partial charge in [-0.2, -0.15) is 0 Å². The second-order valence-corrected chi connectivity index (χ2v) is 11.4. The predicted molar refractivity (Wildman–Crippen MR) is 119 cm³/mol. The number of carbonyl (C=O) groups excluding carboxylic acids is 2. The van der Waals surface area contributed by atoms with Crippen LogP contribution in [0, 0.1) is 17.8 Å². The van der Waals surface area contributed by atoms with Gasteiger partial charge in [0.1, 0.15) is 17.8 Å². The predicted octanol–water partition coefficient (Wildman–Crippen LogP) is 3.32. The summed E-state index contributed by atoms with van der Waals surface area (Å²) < 4.78 is 39.5. The summed E-state index contributed by atoms with van der Waals surface area (Å²) in [6.07, 6.45) is 2.34. The van der Waals surface area contributed by atoms with E-state index in [2.05, 4.69) is 13.8 Å². The van der Waals surface area contributed by atoms with Crippen molar-refractivity contribution in [3.8, 4) is 0 Å². The number of rotatable bonds is 3. The summed E-state index contributed by atoms with van der Waals surface area (Å²) in [6, 6.07) is 0. The van der Waals surface area contributed by atoms with Gasteiger partial charge in [0.25, 0.3) is 0 Å². The number of carbonyl (C=O) groups is 2. The van der Waals surface area contributed by atoms with Gasteiger partial charge in [-0.1, -0.05) is 20.8 Å². The van der Waals surface area contributed by atoms with E-state index in [4.69, 9.17) is 33.2 Å². The average Bonchev–Trinajstić information content (AvgIpc) is 3.23. The topological polar surface area (TPSA) is 98.8 Å². The first-order valence-corrected chi connectivity index (χ1v) is 12.4. The second kappa shape index (κ2) is 9.00. The van der Waals surface area contributed by atoms with E-state index >= 15 is 0 Å². The number of esters is 2. The molecule has 0 aromatic carbocycles. The summed E-state index contributed by atoms with van der Waals surface area (Å²) in [5, 5.41) is 0. The molecule has 3 heterocycles. The standard InChI is InChI=1S/C13H20O5.C12H20O4/c1-7-5-13(6-7)8(2)11(16-9(3)14)12(18-13)17-10(4)15;1-7-5-12(6-7)9-8(10(13-4)16-12)14-11(2,3)15-9/h7-8,11-12H,5-6H2,1-4H3;7-10H,5-6H2,1-4H3/t7?,8-,11?,12?,13?;7?,8-,9+,10-,12?/m01/s1. The minimum Gasteiger partial charge on any atom is -0.455 e. The Morgan fingerprint density at radius 1 is 0.765 bits per heavy atom. The first-order chi connectivity index (χ1) is 15.8. The Morgan fingerprint density at radius 2 is 1.29 bits per heavy atom. The summed E-state index contributed by atoms with van der Waals surface area (Å²) >= 11 is 0. The van der Waals surface area contributed by atoms with Gasteiger partial charge < -0.3 is 33.2 Å². The van der Waals surface area contributed by atoms with Gasteiger partial charge in [-0.05, 0) is 51.4 Å². The molecule has 9 heteroatoms. The molecule has 2 spiro atoms. The van der Waals surface area contributed by atoms with Crippen molar-refractivity contribution in [3.63, 3.8) is 0 Å². The molecule has 3 aliphatic heterocycles. The van der Waals surface area contributed by atoms with Crippen molar-refractivity contribution in [2.45, 2.75) is 122 Å². The summed E-state index contributed by atoms with van der Waals surface area (Å²) in [6.45, 7) is 13.0. The fraction of sp³-hybridized carbons (Fsp3) is 0.920. The molecule has 2 unspecified atom stereocenters. The monoisotopic (exact) mass is 484 g/mol. The molecule has 3 saturated heterocycles. The molecule has 5 fully saturated rings. The van der Waals surface area contributed by atoms with Crippen LogP contribution in [0.3, 0.4) is 0 Å². The van der Waals surface area contributed by atoms with Crippen molar-refractivity contribution in [1.82, 2.24) is 0 Å². The maximum Gasteiger partial charge on any atom is 0.305 e. The van der Waals surface area contributed by atoms with Gasteiger partial charge in [0.05, 0.1) is 5.60 Å². The fourth-order valence-electron chi connectivity index (χ4n) is 6.52. The zero-order valence-electron chi connectivity index (χ0n) is 21.6. The van der Waals surface area contributed by atoms with Crippen LogP contribution in [0.5, 0.6) is 0 Å². The lowest BCUT2D eigenvalue weighted by molar-refractivity contribution is -0.271. The molecular weight excluding hydrogens is 444 g/mol. The van der Waals surface area contributed by atoms with Gasteiger partial charge in [0.2, 0.25) is 6.29 Å². The Bertz CT molecular complexity index is 783. The Hall–Kier alpha value is -1.26. The van der Waals surface area contributed by atoms with Crippen molar-refractivity contribution in [3.05, 3.63) is 0 Å². The van der Waals surface area contributed by atoms with Crippen LogP contribution in [0.1, 0.15) is 74.1 Å². The third kappa shape index (κ3) is 4.62. The average molecular weight is 485 g/mol. The largest absolute Gasteiger partial charge is 0.455 e. The minimum atomic E-state index is -0.770. The first kappa shape index (κ1) is 25.8. The summed E-state index contributed by atoms with van der Waals surface area (Å²) in [7, 11) is 1.66. The highest BCUT2D eigenvalue weighted by Crippen LogP contribution is 2.55. The van der Waals surface area contributed by atoms with E-state index in [0.717, 1.165) is 25.7 Å². The Balaban J connectivity index is 0.000000162. The number of hydrogen-bond donors (Lipinski definition) is 0. The molecule has 2 aliphatic carbocycles. The van der Waals surface area contributed by atoms with E-state index in [-0.39, 0.29) is 41.6 Å². The van der Waals surface area contributed by atoms with Crippen LogP contribution in [0.4, 0.5) is 0 Å². The molecule has 194 valence electrons. The van der Waals surface area contributed by atoms with E-state index in [1.54, 1.807) is 7.11 Å². The lowest BCUT2D eigenvalue weighted by atomic mass is 9.65. The molecule has 2 saturated carbocycles. The minimum absolute atomic E-state index is 0.0312. The van der Waals surface area contributed by atoms with E-state index in [9.17, 15) is 9.59 Å². The van der Waals surface area contributed by atoms with Crippen molar-refractivity contribution in [2.75, 3.05) is 7.11 Å². The van der Waals surface area contributed by atoms with Crippen LogP contribution < -0.4 is 0 Å². The normalized spacial score (nSPS) is 47.9. The Labute approximate surface area is 202 Å². The van der Waals surface area contributed by atoms with Crippen LogP contribution in [0.15, 0.2) is 0 Å². The van der Waals surface area contributed by atoms with Gasteiger partial charge in [-0.25, -0.2) is 0 Å². The van der Waals surface area contributed by atoms with E-state index in [0.29, 0.717) is 11.8 Å². The van der Waals surface area contributed by atoms with Crippen molar-refractivity contribution in [1.29, 1.82) is 0 Å². The van der Waals surface area contributed by atoms with Crippen molar-refractivity contribution in [2.24, 2.45) is 17.8 Å². The van der Waals surface area contributed by atoms with Crippen LogP contribution in [-0.4, -0.2) is 66.9 Å². The number of ether oxygens (including phenoxy) is 7. The highest BCUT2D eigenvalue weighted by atomic mass is 16.8. The number of fused-ring (bicyclic) bond motifs is 2. The second-order valence-electron chi connectivity index (χ2n) is 11.4. The van der Waals surface area contributed by atoms with Crippen LogP contribution in [-0.2, 0) is 42.7 Å². The number of methoxy groups -OCH3 is 1. The molecule has 5 rings (SSSR count). The molecule has 6 atom stereocenters. The van der Waals surface area contributed by atoms with Gasteiger partial charge >= 0.3 is 11.9 Å². The summed E-state index contributed by atoms with van der Waals surface area (Å²) in [4.78, 5) is 22.2. The quantitative estimate of drug-likeness (QED) is 0.559. The highest BCUT2D eigenvalue weighted by Gasteiger charge is 2.66. The Morgan fingerprint density at radius 3 is 1.79 bits per heavy atom. The summed E-state index contributed by atoms with van der Waals surface area (Å²) in [5.41, 5.74) is -0.446. The third-order valence-electron chi connectivity index (χ3n) is 7.80. The van der Waals surface area contributed by atoms with Gasteiger partial charge in [-0.15, -0.1) is 0 Å². The molecule has 5 aliphatic rings. The molecule has 0 radical (unpaired) electrons. The van der Waals surface area contributed by atoms with Crippen LogP contribution in [0.25, 0.3) is 0 Å². The first-order valence-electron chi connectivity index (χ1n) is 12.4. The zero-order valence-corrected chi connectivity index (χ0v) is 21.6. The maximum absolute atomic E-state index is 11.1. The van der Waals surface area contributed by atoms with Crippen molar-refractivity contribution >= 4 is 11.9 Å². The highest BCUT2D eigenvalue weighted by molar-refractivity contribution is 5.67. The van der Waals surface area contributed by atoms with E-state index in [1.165, 1.54) is 13.8 Å². The fourth-order valence-corrected chi connectivity index (χ4v) is 6.52. The maximum atomic E-state index is 11.1. The van der Waals surface area contributed by atoms with E-state index < -0.39 is 24.2 Å². The zero-order chi connectivity index (χ0) is 25.1. The van der Waals surface area contributed by atoms with Crippen LogP contribution in [0.2, 0.25) is 0 Å². The molecule has 9 nitrogen and oxygen atoms in total. The molecule has 0 bridgehead atoms. The molecule has 34 heavy (non-hydrogen) atoms. The molecule has 0 amide bonds. The molecule has 0 aromatic rings. The number of hydrogen-bond acceptors (Lipinski definition) is 9. The lowest BCUT2D eigenvalue weighted by Gasteiger charge is -2.46. The van der Waals surface area contributed by atoms with Crippen LogP contribution >= 0.6 is 0 Å². The molecular formula is C25H40O9.